The summed E-state index contributed by atoms with van der Waals surface area (Å²) in [5.74, 6) is 5.45. The van der Waals surface area contributed by atoms with Crippen molar-refractivity contribution in [1.82, 2.24) is 5.43 Å². The maximum atomic E-state index is 13.1. The molecular weight excluding hydrogens is 295 g/mol. The van der Waals surface area contributed by atoms with E-state index in [0.29, 0.717) is 0 Å². The van der Waals surface area contributed by atoms with Crippen LogP contribution in [0, 0.1) is 5.82 Å². The predicted octanol–water partition coefficient (Wildman–Crippen LogP) is 3.98. The average molecular weight is 313 g/mol. The molecule has 0 radical (unpaired) electrons. The van der Waals surface area contributed by atoms with E-state index in [9.17, 15) is 4.39 Å². The molecule has 1 aliphatic carbocycles. The van der Waals surface area contributed by atoms with E-state index in [-0.39, 0.29) is 11.9 Å². The Balaban J connectivity index is 2.29. The zero-order valence-electron chi connectivity index (χ0n) is 10.3. The molecule has 0 aliphatic heterocycles. The van der Waals surface area contributed by atoms with E-state index in [4.69, 9.17) is 5.84 Å². The maximum absolute atomic E-state index is 13.1. The van der Waals surface area contributed by atoms with Gasteiger partial charge in [-0.15, -0.1) is 0 Å². The first-order valence-electron chi connectivity index (χ1n) is 6.32. The lowest BCUT2D eigenvalue weighted by Crippen LogP contribution is -2.29. The average Bonchev–Trinajstić information content (AvgIpc) is 2.62. The molecule has 1 atom stereocenters. The predicted molar refractivity (Wildman–Crippen MR) is 75.3 cm³/mol. The first kappa shape index (κ1) is 13.7. The van der Waals surface area contributed by atoms with E-state index in [0.717, 1.165) is 22.9 Å². The lowest BCUT2D eigenvalue weighted by molar-refractivity contribution is 0.585. The van der Waals surface area contributed by atoms with Crippen LogP contribution in [-0.4, -0.2) is 0 Å². The molecule has 0 aromatic heterocycles. The molecule has 1 aromatic carbocycles. The highest BCUT2D eigenvalue weighted by Crippen LogP contribution is 2.32. The number of hydrazine groups is 1. The van der Waals surface area contributed by atoms with Gasteiger partial charge in [0.05, 0.1) is 6.04 Å². The summed E-state index contributed by atoms with van der Waals surface area (Å²) >= 11 is 3.41. The van der Waals surface area contributed by atoms with Crippen LogP contribution in [-0.2, 0) is 0 Å². The molecule has 1 aromatic rings. The van der Waals surface area contributed by atoms with Gasteiger partial charge in [-0.3, -0.25) is 5.84 Å². The van der Waals surface area contributed by atoms with Crippen LogP contribution in [0.3, 0.4) is 0 Å². The molecule has 0 bridgehead atoms. The van der Waals surface area contributed by atoms with Gasteiger partial charge in [0.1, 0.15) is 5.82 Å². The summed E-state index contributed by atoms with van der Waals surface area (Å²) in [6.07, 6.45) is 8.13. The minimum Gasteiger partial charge on any atom is -0.271 e. The summed E-state index contributed by atoms with van der Waals surface area (Å²) in [7, 11) is 0. The van der Waals surface area contributed by atoms with Gasteiger partial charge in [-0.05, 0) is 43.4 Å². The normalized spacial score (nSPS) is 18.1. The molecule has 0 fully saturated rings. The zero-order chi connectivity index (χ0) is 13.0. The molecule has 0 saturated carbocycles. The van der Waals surface area contributed by atoms with E-state index >= 15 is 0 Å². The van der Waals surface area contributed by atoms with Crippen LogP contribution < -0.4 is 11.3 Å². The number of benzene rings is 1. The zero-order valence-corrected chi connectivity index (χ0v) is 11.8. The smallest absolute Gasteiger partial charge is 0.124 e. The number of nitrogens with two attached hydrogens (primary N) is 1. The fourth-order valence-corrected chi connectivity index (χ4v) is 3.01. The molecule has 18 heavy (non-hydrogen) atoms. The van der Waals surface area contributed by atoms with Crippen LogP contribution in [0.2, 0.25) is 0 Å². The molecule has 0 heterocycles. The third kappa shape index (κ3) is 3.19. The Kier molecular flexibility index (Phi) is 4.92. The minimum atomic E-state index is -0.240. The molecule has 4 heteroatoms. The maximum Gasteiger partial charge on any atom is 0.124 e. The van der Waals surface area contributed by atoms with Crippen molar-refractivity contribution in [3.05, 3.63) is 45.7 Å². The number of halogens is 2. The van der Waals surface area contributed by atoms with E-state index < -0.39 is 0 Å². The van der Waals surface area contributed by atoms with Crippen molar-refractivity contribution >= 4 is 15.9 Å². The molecule has 1 unspecified atom stereocenters. The van der Waals surface area contributed by atoms with Gasteiger partial charge in [-0.1, -0.05) is 40.1 Å². The van der Waals surface area contributed by atoms with Crippen molar-refractivity contribution in [2.75, 3.05) is 0 Å². The van der Waals surface area contributed by atoms with Crippen molar-refractivity contribution in [2.45, 2.75) is 38.1 Å². The van der Waals surface area contributed by atoms with Gasteiger partial charge in [0, 0.05) is 4.47 Å². The lowest BCUT2D eigenvalue weighted by Gasteiger charge is -2.21. The number of rotatable bonds is 3. The van der Waals surface area contributed by atoms with Gasteiger partial charge in [0.2, 0.25) is 0 Å². The first-order valence-corrected chi connectivity index (χ1v) is 7.11. The fourth-order valence-electron chi connectivity index (χ4n) is 2.43. The number of nitrogens with one attached hydrogen (secondary N) is 1. The van der Waals surface area contributed by atoms with E-state index in [1.165, 1.54) is 37.0 Å². The second-order valence-electron chi connectivity index (χ2n) is 4.64. The molecule has 0 amide bonds. The highest BCUT2D eigenvalue weighted by molar-refractivity contribution is 9.10. The summed E-state index contributed by atoms with van der Waals surface area (Å²) in [5.41, 5.74) is 5.16. The summed E-state index contributed by atoms with van der Waals surface area (Å²) in [6.45, 7) is 0. The summed E-state index contributed by atoms with van der Waals surface area (Å²) in [5, 5.41) is 0. The van der Waals surface area contributed by atoms with Gasteiger partial charge >= 0.3 is 0 Å². The number of allylic oxidation sites excluding steroid dienone is 1. The molecule has 0 saturated heterocycles. The van der Waals surface area contributed by atoms with E-state index in [1.54, 1.807) is 6.07 Å². The highest BCUT2D eigenvalue weighted by Gasteiger charge is 2.18. The van der Waals surface area contributed by atoms with Crippen LogP contribution in [0.25, 0.3) is 0 Å². The molecule has 3 N–H and O–H groups in total. The van der Waals surface area contributed by atoms with E-state index in [1.807, 2.05) is 0 Å². The van der Waals surface area contributed by atoms with Crippen LogP contribution in [0.1, 0.15) is 43.7 Å². The van der Waals surface area contributed by atoms with Gasteiger partial charge in [0.15, 0.2) is 0 Å². The molecule has 98 valence electrons. The van der Waals surface area contributed by atoms with E-state index in [2.05, 4.69) is 27.4 Å². The molecule has 0 spiro atoms. The Morgan fingerprint density at radius 1 is 1.28 bits per heavy atom. The summed E-state index contributed by atoms with van der Waals surface area (Å²) < 4.78 is 13.9. The molecule has 2 nitrogen and oxygen atoms in total. The standard InChI is InChI=1S/C14H18BrFN2/c15-13-9-11(16)7-8-12(13)14(18-17)10-5-3-1-2-4-6-10/h5,7-9,14,18H,1-4,6,17H2. The largest absolute Gasteiger partial charge is 0.271 e. The third-order valence-corrected chi connectivity index (χ3v) is 4.07. The second kappa shape index (κ2) is 6.45. The van der Waals surface area contributed by atoms with Gasteiger partial charge in [0.25, 0.3) is 0 Å². The van der Waals surface area contributed by atoms with Gasteiger partial charge in [-0.25, -0.2) is 9.82 Å². The monoisotopic (exact) mass is 312 g/mol. The number of hydrogen-bond donors (Lipinski definition) is 2. The van der Waals surface area contributed by atoms with Crippen molar-refractivity contribution in [3.63, 3.8) is 0 Å². The van der Waals surface area contributed by atoms with Crippen molar-refractivity contribution < 1.29 is 4.39 Å². The minimum absolute atomic E-state index is 0.0296. The van der Waals surface area contributed by atoms with Crippen molar-refractivity contribution in [1.29, 1.82) is 0 Å². The van der Waals surface area contributed by atoms with Gasteiger partial charge in [-0.2, -0.15) is 0 Å². The Hall–Kier alpha value is -0.710. The van der Waals surface area contributed by atoms with Crippen molar-refractivity contribution in [2.24, 2.45) is 5.84 Å². The molecule has 2 rings (SSSR count). The Morgan fingerprint density at radius 2 is 2.11 bits per heavy atom. The first-order chi connectivity index (χ1) is 8.72. The number of hydrogen-bond acceptors (Lipinski definition) is 2. The highest BCUT2D eigenvalue weighted by atomic mass is 79.9. The molecular formula is C14H18BrFN2. The quantitative estimate of drug-likeness (QED) is 0.503. The lowest BCUT2D eigenvalue weighted by atomic mass is 9.95. The van der Waals surface area contributed by atoms with Crippen LogP contribution in [0.5, 0.6) is 0 Å². The van der Waals surface area contributed by atoms with Crippen molar-refractivity contribution in [3.8, 4) is 0 Å². The SMILES string of the molecule is NNC(C1=CCCCCC1)c1ccc(F)cc1Br. The second-order valence-corrected chi connectivity index (χ2v) is 5.50. The summed E-state index contributed by atoms with van der Waals surface area (Å²) in [6, 6.07) is 4.71. The van der Waals surface area contributed by atoms with Crippen LogP contribution >= 0.6 is 15.9 Å². The fraction of sp³-hybridized carbons (Fsp3) is 0.429. The van der Waals surface area contributed by atoms with Gasteiger partial charge < -0.3 is 0 Å². The summed E-state index contributed by atoms with van der Waals surface area (Å²) in [4.78, 5) is 0. The Morgan fingerprint density at radius 3 is 2.83 bits per heavy atom. The topological polar surface area (TPSA) is 38.0 Å². The Labute approximate surface area is 116 Å². The Bertz CT molecular complexity index is 445. The van der Waals surface area contributed by atoms with Crippen LogP contribution in [0.15, 0.2) is 34.3 Å². The van der Waals surface area contributed by atoms with Crippen LogP contribution in [0.4, 0.5) is 4.39 Å². The molecule has 1 aliphatic rings. The third-order valence-electron chi connectivity index (χ3n) is 3.39.